The number of carboxylic acids is 1. The molecule has 18 heavy (non-hydrogen) atoms. The van der Waals surface area contributed by atoms with Crippen molar-refractivity contribution in [1.82, 2.24) is 5.32 Å². The quantitative estimate of drug-likeness (QED) is 0.457. The van der Waals surface area contributed by atoms with Crippen molar-refractivity contribution in [2.75, 3.05) is 0 Å². The zero-order valence-electron chi connectivity index (χ0n) is 10.8. The molecule has 0 saturated heterocycles. The SMILES string of the molecule is C/C=C/C=C/C(=O)NC1CCCCCC1C(=O)O. The van der Waals surface area contributed by atoms with Crippen molar-refractivity contribution in [2.45, 2.75) is 45.1 Å². The van der Waals surface area contributed by atoms with Crippen molar-refractivity contribution < 1.29 is 14.7 Å². The number of hydrogen-bond donors (Lipinski definition) is 2. The molecule has 0 aromatic heterocycles. The molecule has 0 aromatic rings. The first-order valence-electron chi connectivity index (χ1n) is 6.48. The van der Waals surface area contributed by atoms with E-state index in [0.717, 1.165) is 25.7 Å². The Morgan fingerprint density at radius 2 is 1.89 bits per heavy atom. The predicted octanol–water partition coefficient (Wildman–Crippen LogP) is 2.27. The van der Waals surface area contributed by atoms with Crippen molar-refractivity contribution >= 4 is 11.9 Å². The van der Waals surface area contributed by atoms with E-state index in [4.69, 9.17) is 0 Å². The summed E-state index contributed by atoms with van der Waals surface area (Å²) in [6.07, 6.45) is 11.0. The van der Waals surface area contributed by atoms with E-state index in [2.05, 4.69) is 5.32 Å². The van der Waals surface area contributed by atoms with E-state index < -0.39 is 11.9 Å². The number of aliphatic carboxylic acids is 1. The maximum absolute atomic E-state index is 11.6. The summed E-state index contributed by atoms with van der Waals surface area (Å²) in [5.41, 5.74) is 0. The molecule has 2 unspecified atom stereocenters. The number of rotatable bonds is 4. The van der Waals surface area contributed by atoms with Crippen LogP contribution in [0.5, 0.6) is 0 Å². The molecule has 1 amide bonds. The third kappa shape index (κ3) is 4.73. The van der Waals surface area contributed by atoms with Gasteiger partial charge >= 0.3 is 5.97 Å². The van der Waals surface area contributed by atoms with Crippen LogP contribution >= 0.6 is 0 Å². The summed E-state index contributed by atoms with van der Waals surface area (Å²) in [6, 6.07) is -0.243. The fourth-order valence-electron chi connectivity index (χ4n) is 2.26. The van der Waals surface area contributed by atoms with Crippen LogP contribution in [-0.2, 0) is 9.59 Å². The highest BCUT2D eigenvalue weighted by Gasteiger charge is 2.29. The molecule has 1 aliphatic carbocycles. The van der Waals surface area contributed by atoms with Crippen LogP contribution in [0, 0.1) is 5.92 Å². The molecule has 4 heteroatoms. The molecule has 1 fully saturated rings. The molecule has 0 radical (unpaired) electrons. The van der Waals surface area contributed by atoms with E-state index in [9.17, 15) is 14.7 Å². The van der Waals surface area contributed by atoms with Gasteiger partial charge in [-0.2, -0.15) is 0 Å². The van der Waals surface area contributed by atoms with E-state index in [1.807, 2.05) is 13.0 Å². The first-order chi connectivity index (χ1) is 8.65. The van der Waals surface area contributed by atoms with E-state index in [1.165, 1.54) is 6.08 Å². The van der Waals surface area contributed by atoms with Crippen molar-refractivity contribution in [2.24, 2.45) is 5.92 Å². The molecule has 2 atom stereocenters. The van der Waals surface area contributed by atoms with Gasteiger partial charge in [-0.1, -0.05) is 37.5 Å². The maximum atomic E-state index is 11.6. The van der Waals surface area contributed by atoms with Gasteiger partial charge in [-0.15, -0.1) is 0 Å². The van der Waals surface area contributed by atoms with Crippen LogP contribution in [0.3, 0.4) is 0 Å². The zero-order chi connectivity index (χ0) is 13.4. The lowest BCUT2D eigenvalue weighted by atomic mass is 9.95. The highest BCUT2D eigenvalue weighted by molar-refractivity contribution is 5.88. The largest absolute Gasteiger partial charge is 0.481 e. The lowest BCUT2D eigenvalue weighted by Gasteiger charge is -2.22. The van der Waals surface area contributed by atoms with Gasteiger partial charge in [0.2, 0.25) is 5.91 Å². The molecule has 0 spiro atoms. The average molecular weight is 251 g/mol. The third-order valence-electron chi connectivity index (χ3n) is 3.21. The summed E-state index contributed by atoms with van der Waals surface area (Å²) in [6.45, 7) is 1.87. The number of carbonyl (C=O) groups excluding carboxylic acids is 1. The van der Waals surface area contributed by atoms with Crippen molar-refractivity contribution in [3.8, 4) is 0 Å². The second-order valence-electron chi connectivity index (χ2n) is 4.58. The van der Waals surface area contributed by atoms with E-state index in [0.29, 0.717) is 6.42 Å². The van der Waals surface area contributed by atoms with Crippen LogP contribution in [-0.4, -0.2) is 23.0 Å². The first kappa shape index (κ1) is 14.5. The van der Waals surface area contributed by atoms with Gasteiger partial charge in [-0.25, -0.2) is 0 Å². The number of nitrogens with one attached hydrogen (secondary N) is 1. The van der Waals surface area contributed by atoms with Gasteiger partial charge in [-0.3, -0.25) is 9.59 Å². The van der Waals surface area contributed by atoms with Gasteiger partial charge in [0.25, 0.3) is 0 Å². The van der Waals surface area contributed by atoms with Gasteiger partial charge in [0, 0.05) is 12.1 Å². The smallest absolute Gasteiger partial charge is 0.308 e. The standard InChI is InChI=1S/C14H21NO3/c1-2-3-5-10-13(16)15-12-9-7-4-6-8-11(12)14(17)18/h2-3,5,10-12H,4,6-9H2,1H3,(H,15,16)(H,17,18)/b3-2+,10-5+. The molecular formula is C14H21NO3. The summed E-state index contributed by atoms with van der Waals surface area (Å²) in [7, 11) is 0. The Balaban J connectivity index is 2.60. The fraction of sp³-hybridized carbons (Fsp3) is 0.571. The Labute approximate surface area is 108 Å². The number of hydrogen-bond acceptors (Lipinski definition) is 2. The Morgan fingerprint density at radius 3 is 2.56 bits per heavy atom. The molecule has 1 saturated carbocycles. The van der Waals surface area contributed by atoms with Crippen molar-refractivity contribution in [3.63, 3.8) is 0 Å². The monoisotopic (exact) mass is 251 g/mol. The van der Waals surface area contributed by atoms with Gasteiger partial charge < -0.3 is 10.4 Å². The first-order valence-corrected chi connectivity index (χ1v) is 6.48. The molecule has 2 N–H and O–H groups in total. The van der Waals surface area contributed by atoms with Crippen LogP contribution in [0.25, 0.3) is 0 Å². The lowest BCUT2D eigenvalue weighted by Crippen LogP contribution is -2.42. The van der Waals surface area contributed by atoms with E-state index in [-0.39, 0.29) is 11.9 Å². The van der Waals surface area contributed by atoms with Crippen LogP contribution in [0.2, 0.25) is 0 Å². The summed E-state index contributed by atoms with van der Waals surface area (Å²) >= 11 is 0. The Kier molecular flexibility index (Phi) is 6.19. The minimum atomic E-state index is -0.806. The topological polar surface area (TPSA) is 66.4 Å². The molecule has 0 bridgehead atoms. The van der Waals surface area contributed by atoms with Gasteiger partial charge in [0.1, 0.15) is 0 Å². The molecule has 4 nitrogen and oxygen atoms in total. The second-order valence-corrected chi connectivity index (χ2v) is 4.58. The van der Waals surface area contributed by atoms with Gasteiger partial charge in [0.05, 0.1) is 5.92 Å². The highest BCUT2D eigenvalue weighted by atomic mass is 16.4. The zero-order valence-corrected chi connectivity index (χ0v) is 10.8. The van der Waals surface area contributed by atoms with Crippen LogP contribution < -0.4 is 5.32 Å². The number of amides is 1. The normalized spacial score (nSPS) is 25.2. The summed E-state index contributed by atoms with van der Waals surface area (Å²) in [5, 5.41) is 12.0. The van der Waals surface area contributed by atoms with E-state index >= 15 is 0 Å². The second kappa shape index (κ2) is 7.69. The highest BCUT2D eigenvalue weighted by Crippen LogP contribution is 2.23. The maximum Gasteiger partial charge on any atom is 0.308 e. The number of carboxylic acid groups (broad SMARTS) is 1. The molecule has 0 aromatic carbocycles. The molecular weight excluding hydrogens is 230 g/mol. The van der Waals surface area contributed by atoms with Gasteiger partial charge in [0.15, 0.2) is 0 Å². The number of allylic oxidation sites excluding steroid dienone is 3. The molecule has 1 rings (SSSR count). The summed E-state index contributed by atoms with van der Waals surface area (Å²) in [5.74, 6) is -1.47. The fourth-order valence-corrected chi connectivity index (χ4v) is 2.26. The summed E-state index contributed by atoms with van der Waals surface area (Å²) < 4.78 is 0. The molecule has 100 valence electrons. The Bertz CT molecular complexity index is 347. The predicted molar refractivity (Wildman–Crippen MR) is 70.1 cm³/mol. The minimum Gasteiger partial charge on any atom is -0.481 e. The van der Waals surface area contributed by atoms with Crippen LogP contribution in [0.15, 0.2) is 24.3 Å². The van der Waals surface area contributed by atoms with Gasteiger partial charge in [-0.05, 0) is 19.8 Å². The lowest BCUT2D eigenvalue weighted by molar-refractivity contribution is -0.143. The Hall–Kier alpha value is -1.58. The molecule has 1 aliphatic rings. The van der Waals surface area contributed by atoms with E-state index in [1.54, 1.807) is 12.2 Å². The van der Waals surface area contributed by atoms with Crippen molar-refractivity contribution in [1.29, 1.82) is 0 Å². The van der Waals surface area contributed by atoms with Crippen LogP contribution in [0.4, 0.5) is 0 Å². The van der Waals surface area contributed by atoms with Crippen LogP contribution in [0.1, 0.15) is 39.0 Å². The molecule has 0 heterocycles. The summed E-state index contributed by atoms with van der Waals surface area (Å²) in [4.78, 5) is 22.8. The van der Waals surface area contributed by atoms with Crippen molar-refractivity contribution in [3.05, 3.63) is 24.3 Å². The Morgan fingerprint density at radius 1 is 1.17 bits per heavy atom. The minimum absolute atomic E-state index is 0.216. The number of carbonyl (C=O) groups is 2. The molecule has 0 aliphatic heterocycles. The average Bonchev–Trinajstić information content (AvgIpc) is 2.55. The third-order valence-corrected chi connectivity index (χ3v) is 3.21.